The number of hydrogen-bond acceptors (Lipinski definition) is 4. The van der Waals surface area contributed by atoms with Crippen molar-refractivity contribution in [3.05, 3.63) is 95.0 Å². The molecule has 0 saturated carbocycles. The third kappa shape index (κ3) is 3.83. The summed E-state index contributed by atoms with van der Waals surface area (Å²) in [6.45, 7) is 2.25. The highest BCUT2D eigenvalue weighted by Crippen LogP contribution is 2.26. The maximum atomic E-state index is 12.8. The molecule has 2 aromatic carbocycles. The Morgan fingerprint density at radius 2 is 1.89 bits per heavy atom. The number of thiophene rings is 1. The van der Waals surface area contributed by atoms with Gasteiger partial charge in [0.1, 0.15) is 12.3 Å². The van der Waals surface area contributed by atoms with Crippen LogP contribution in [0.3, 0.4) is 0 Å². The number of hydrogen-bond donors (Lipinski definition) is 0. The highest BCUT2D eigenvalue weighted by atomic mass is 32.1. The normalized spacial score (nSPS) is 10.7. The van der Waals surface area contributed by atoms with E-state index in [0.717, 1.165) is 27.4 Å². The van der Waals surface area contributed by atoms with E-state index in [0.29, 0.717) is 5.69 Å². The van der Waals surface area contributed by atoms with Crippen LogP contribution in [0.4, 0.5) is 0 Å². The summed E-state index contributed by atoms with van der Waals surface area (Å²) in [5.41, 5.74) is 4.10. The number of carbonyl (C=O) groups is 1. The average Bonchev–Trinajstić information content (AvgIpc) is 3.36. The number of aromatic nitrogens is 2. The summed E-state index contributed by atoms with van der Waals surface area (Å²) in [4.78, 5) is 13.8. The molecule has 0 unspecified atom stereocenters. The topological polar surface area (TPSA) is 44.1 Å². The van der Waals surface area contributed by atoms with Gasteiger partial charge >= 0.3 is 5.97 Å². The number of benzene rings is 2. The molecule has 4 nitrogen and oxygen atoms in total. The molecule has 0 spiro atoms. The van der Waals surface area contributed by atoms with Gasteiger partial charge in [0.05, 0.1) is 10.6 Å². The molecule has 0 atom stereocenters. The predicted molar refractivity (Wildman–Crippen MR) is 107 cm³/mol. The van der Waals surface area contributed by atoms with E-state index in [1.165, 1.54) is 0 Å². The van der Waals surface area contributed by atoms with Gasteiger partial charge in [0.2, 0.25) is 0 Å². The molecule has 5 heteroatoms. The standard InChI is InChI=1S/C22H18N2O2S/c1-16-7-5-8-17(13-16)15-26-22(25)20-14-19(21-11-6-12-27-21)23-24(20)18-9-3-2-4-10-18/h2-14H,15H2,1H3. The Hall–Kier alpha value is -3.18. The summed E-state index contributed by atoms with van der Waals surface area (Å²) in [5, 5.41) is 6.63. The number of para-hydroxylation sites is 1. The van der Waals surface area contributed by atoms with Crippen molar-refractivity contribution in [2.24, 2.45) is 0 Å². The maximum Gasteiger partial charge on any atom is 0.357 e. The fraction of sp³-hybridized carbons (Fsp3) is 0.0909. The molecule has 0 fully saturated rings. The zero-order valence-electron chi connectivity index (χ0n) is 14.8. The Bertz CT molecular complexity index is 1050. The molecule has 0 saturated heterocycles. The fourth-order valence-corrected chi connectivity index (χ4v) is 3.54. The summed E-state index contributed by atoms with van der Waals surface area (Å²) in [5.74, 6) is -0.393. The van der Waals surface area contributed by atoms with E-state index in [-0.39, 0.29) is 6.61 Å². The van der Waals surface area contributed by atoms with E-state index in [4.69, 9.17) is 4.74 Å². The van der Waals surface area contributed by atoms with E-state index < -0.39 is 5.97 Å². The van der Waals surface area contributed by atoms with E-state index >= 15 is 0 Å². The monoisotopic (exact) mass is 374 g/mol. The van der Waals surface area contributed by atoms with Crippen molar-refractivity contribution in [2.75, 3.05) is 0 Å². The predicted octanol–water partition coefficient (Wildman–Crippen LogP) is 5.27. The number of rotatable bonds is 5. The lowest BCUT2D eigenvalue weighted by atomic mass is 10.1. The molecule has 0 aliphatic carbocycles. The van der Waals surface area contributed by atoms with Crippen molar-refractivity contribution in [1.82, 2.24) is 9.78 Å². The van der Waals surface area contributed by atoms with Crippen LogP contribution >= 0.6 is 11.3 Å². The fourth-order valence-electron chi connectivity index (χ4n) is 2.86. The van der Waals surface area contributed by atoms with E-state index in [2.05, 4.69) is 5.10 Å². The van der Waals surface area contributed by atoms with E-state index in [1.54, 1.807) is 22.1 Å². The first-order chi connectivity index (χ1) is 13.2. The molecular formula is C22H18N2O2S. The van der Waals surface area contributed by atoms with Crippen molar-refractivity contribution in [1.29, 1.82) is 0 Å². The van der Waals surface area contributed by atoms with Crippen molar-refractivity contribution in [2.45, 2.75) is 13.5 Å². The van der Waals surface area contributed by atoms with Gasteiger partial charge in [-0.3, -0.25) is 0 Å². The number of nitrogens with zero attached hydrogens (tertiary/aromatic N) is 2. The van der Waals surface area contributed by atoms with E-state index in [1.807, 2.05) is 79.0 Å². The van der Waals surface area contributed by atoms with Crippen molar-refractivity contribution < 1.29 is 9.53 Å². The molecule has 0 aliphatic heterocycles. The number of aryl methyl sites for hydroxylation is 1. The largest absolute Gasteiger partial charge is 0.456 e. The van der Waals surface area contributed by atoms with Crippen molar-refractivity contribution in [3.8, 4) is 16.3 Å². The molecule has 2 heterocycles. The molecule has 4 rings (SSSR count). The maximum absolute atomic E-state index is 12.8. The van der Waals surface area contributed by atoms with Gasteiger partial charge in [-0.1, -0.05) is 54.1 Å². The number of ether oxygens (including phenoxy) is 1. The second-order valence-corrected chi connectivity index (χ2v) is 7.15. The molecule has 4 aromatic rings. The lowest BCUT2D eigenvalue weighted by Gasteiger charge is -2.08. The summed E-state index contributed by atoms with van der Waals surface area (Å²) in [6.07, 6.45) is 0. The summed E-state index contributed by atoms with van der Waals surface area (Å²) >= 11 is 1.59. The van der Waals surface area contributed by atoms with Gasteiger partial charge in [-0.05, 0) is 36.1 Å². The molecular weight excluding hydrogens is 356 g/mol. The molecule has 0 amide bonds. The van der Waals surface area contributed by atoms with E-state index in [9.17, 15) is 4.79 Å². The lowest BCUT2D eigenvalue weighted by Crippen LogP contribution is -2.12. The minimum absolute atomic E-state index is 0.231. The van der Waals surface area contributed by atoms with Gasteiger partial charge in [0.15, 0.2) is 5.69 Å². The Kier molecular flexibility index (Phi) is 4.85. The molecule has 0 bridgehead atoms. The first-order valence-electron chi connectivity index (χ1n) is 8.63. The van der Waals surface area contributed by atoms with Gasteiger partial charge in [0.25, 0.3) is 0 Å². The highest BCUT2D eigenvalue weighted by molar-refractivity contribution is 7.13. The first kappa shape index (κ1) is 17.2. The van der Waals surface area contributed by atoms with Crippen LogP contribution in [0.25, 0.3) is 16.3 Å². The van der Waals surface area contributed by atoms with Crippen LogP contribution in [0.2, 0.25) is 0 Å². The Morgan fingerprint density at radius 1 is 1.04 bits per heavy atom. The first-order valence-corrected chi connectivity index (χ1v) is 9.51. The van der Waals surface area contributed by atoms with Crippen LogP contribution in [0.5, 0.6) is 0 Å². The van der Waals surface area contributed by atoms with Crippen LogP contribution in [0, 0.1) is 6.92 Å². The van der Waals surface area contributed by atoms with Crippen LogP contribution in [-0.2, 0) is 11.3 Å². The Morgan fingerprint density at radius 3 is 2.63 bits per heavy atom. The molecule has 134 valence electrons. The minimum atomic E-state index is -0.393. The van der Waals surface area contributed by atoms with Crippen LogP contribution in [0.1, 0.15) is 21.6 Å². The second kappa shape index (κ2) is 7.60. The quantitative estimate of drug-likeness (QED) is 0.447. The third-order valence-electron chi connectivity index (χ3n) is 4.15. The summed E-state index contributed by atoms with van der Waals surface area (Å²) < 4.78 is 7.21. The molecule has 0 aliphatic rings. The van der Waals surface area contributed by atoms with Crippen LogP contribution in [0.15, 0.2) is 78.2 Å². The third-order valence-corrected chi connectivity index (χ3v) is 5.04. The smallest absolute Gasteiger partial charge is 0.357 e. The van der Waals surface area contributed by atoms with Gasteiger partial charge in [-0.25, -0.2) is 9.48 Å². The zero-order valence-corrected chi connectivity index (χ0v) is 15.6. The molecule has 0 N–H and O–H groups in total. The van der Waals surface area contributed by atoms with Crippen LogP contribution in [-0.4, -0.2) is 15.7 Å². The van der Waals surface area contributed by atoms with Crippen LogP contribution < -0.4 is 0 Å². The molecule has 0 radical (unpaired) electrons. The van der Waals surface area contributed by atoms with Gasteiger partial charge < -0.3 is 4.74 Å². The second-order valence-electron chi connectivity index (χ2n) is 6.20. The summed E-state index contributed by atoms with van der Waals surface area (Å²) in [6, 6.07) is 23.3. The highest BCUT2D eigenvalue weighted by Gasteiger charge is 2.19. The summed E-state index contributed by atoms with van der Waals surface area (Å²) in [7, 11) is 0. The van der Waals surface area contributed by atoms with Gasteiger partial charge in [0, 0.05) is 6.07 Å². The Balaban J connectivity index is 1.65. The zero-order chi connectivity index (χ0) is 18.6. The lowest BCUT2D eigenvalue weighted by molar-refractivity contribution is 0.0462. The number of carbonyl (C=O) groups excluding carboxylic acids is 1. The van der Waals surface area contributed by atoms with Crippen molar-refractivity contribution in [3.63, 3.8) is 0 Å². The Labute approximate surface area is 161 Å². The van der Waals surface area contributed by atoms with Gasteiger partial charge in [-0.2, -0.15) is 5.10 Å². The number of esters is 1. The SMILES string of the molecule is Cc1cccc(COC(=O)c2cc(-c3cccs3)nn2-c2ccccc2)c1. The minimum Gasteiger partial charge on any atom is -0.456 e. The van der Waals surface area contributed by atoms with Gasteiger partial charge in [-0.15, -0.1) is 11.3 Å². The average molecular weight is 374 g/mol. The van der Waals surface area contributed by atoms with Crippen molar-refractivity contribution >= 4 is 17.3 Å². The molecule has 2 aromatic heterocycles. The molecule has 27 heavy (non-hydrogen) atoms.